The minimum absolute atomic E-state index is 0.257. The summed E-state index contributed by atoms with van der Waals surface area (Å²) in [4.78, 5) is 21.7. The van der Waals surface area contributed by atoms with Gasteiger partial charge in [0.25, 0.3) is 0 Å². The minimum Gasteiger partial charge on any atom is -0.334 e. The SMILES string of the molecule is O=C(NCc1ccc(Cl)cc1)NCc1nccnc1-c1cccs1. The molecule has 0 saturated carbocycles. The highest BCUT2D eigenvalue weighted by atomic mass is 35.5. The van der Waals surface area contributed by atoms with Crippen LogP contribution in [-0.4, -0.2) is 16.0 Å². The number of thiophene rings is 1. The third kappa shape index (κ3) is 4.31. The molecule has 0 unspecified atom stereocenters. The maximum atomic E-state index is 12.0. The molecule has 0 fully saturated rings. The average molecular weight is 359 g/mol. The lowest BCUT2D eigenvalue weighted by Crippen LogP contribution is -2.34. The summed E-state index contributed by atoms with van der Waals surface area (Å²) in [5.74, 6) is 0. The summed E-state index contributed by atoms with van der Waals surface area (Å²) < 4.78 is 0. The monoisotopic (exact) mass is 358 g/mol. The Morgan fingerprint density at radius 1 is 1.04 bits per heavy atom. The Balaban J connectivity index is 1.56. The molecular weight excluding hydrogens is 344 g/mol. The quantitative estimate of drug-likeness (QED) is 0.727. The Labute approximate surface area is 148 Å². The molecule has 0 bridgehead atoms. The van der Waals surface area contributed by atoms with Gasteiger partial charge in [0.15, 0.2) is 0 Å². The number of benzene rings is 1. The summed E-state index contributed by atoms with van der Waals surface area (Å²) in [5.41, 5.74) is 2.51. The van der Waals surface area contributed by atoms with E-state index in [0.717, 1.165) is 21.8 Å². The number of amides is 2. The number of halogens is 1. The summed E-state index contributed by atoms with van der Waals surface area (Å²) in [7, 11) is 0. The molecule has 122 valence electrons. The van der Waals surface area contributed by atoms with E-state index in [-0.39, 0.29) is 6.03 Å². The standard InChI is InChI=1S/C17H15ClN4OS/c18-13-5-3-12(4-6-13)10-21-17(23)22-11-14-16(20-8-7-19-14)15-2-1-9-24-15/h1-9H,10-11H2,(H2,21,22,23). The van der Waals surface area contributed by atoms with Crippen LogP contribution in [0, 0.1) is 0 Å². The first-order chi connectivity index (χ1) is 11.7. The highest BCUT2D eigenvalue weighted by molar-refractivity contribution is 7.13. The summed E-state index contributed by atoms with van der Waals surface area (Å²) in [6.45, 7) is 0.745. The van der Waals surface area contributed by atoms with Gasteiger partial charge in [0.1, 0.15) is 5.69 Å². The third-order valence-corrected chi connectivity index (χ3v) is 4.44. The second kappa shape index (κ2) is 7.90. The maximum absolute atomic E-state index is 12.0. The van der Waals surface area contributed by atoms with Crippen LogP contribution in [0.25, 0.3) is 10.6 Å². The van der Waals surface area contributed by atoms with Gasteiger partial charge in [0.2, 0.25) is 0 Å². The van der Waals surface area contributed by atoms with E-state index >= 15 is 0 Å². The molecule has 0 aliphatic heterocycles. The number of rotatable bonds is 5. The molecule has 3 rings (SSSR count). The van der Waals surface area contributed by atoms with Crippen LogP contribution in [0.2, 0.25) is 5.02 Å². The van der Waals surface area contributed by atoms with Gasteiger partial charge in [-0.05, 0) is 29.1 Å². The Bertz CT molecular complexity index is 806. The van der Waals surface area contributed by atoms with Gasteiger partial charge in [-0.15, -0.1) is 11.3 Å². The third-order valence-electron chi connectivity index (χ3n) is 3.31. The van der Waals surface area contributed by atoms with Crippen molar-refractivity contribution < 1.29 is 4.79 Å². The molecule has 2 N–H and O–H groups in total. The van der Waals surface area contributed by atoms with E-state index in [9.17, 15) is 4.79 Å². The molecule has 24 heavy (non-hydrogen) atoms. The van der Waals surface area contributed by atoms with Crippen LogP contribution < -0.4 is 10.6 Å². The molecule has 5 nitrogen and oxygen atoms in total. The molecule has 2 amide bonds. The molecule has 7 heteroatoms. The van der Waals surface area contributed by atoms with Gasteiger partial charge in [-0.3, -0.25) is 9.97 Å². The van der Waals surface area contributed by atoms with Crippen molar-refractivity contribution in [2.24, 2.45) is 0 Å². The Morgan fingerprint density at radius 2 is 1.79 bits per heavy atom. The lowest BCUT2D eigenvalue weighted by Gasteiger charge is -2.09. The maximum Gasteiger partial charge on any atom is 0.315 e. The fourth-order valence-electron chi connectivity index (χ4n) is 2.13. The van der Waals surface area contributed by atoms with Crippen molar-refractivity contribution in [1.82, 2.24) is 20.6 Å². The van der Waals surface area contributed by atoms with Crippen molar-refractivity contribution in [3.05, 3.63) is 70.5 Å². The van der Waals surface area contributed by atoms with Crippen LogP contribution in [0.1, 0.15) is 11.3 Å². The zero-order valence-electron chi connectivity index (χ0n) is 12.7. The molecule has 0 aliphatic carbocycles. The van der Waals surface area contributed by atoms with E-state index in [1.165, 1.54) is 0 Å². The van der Waals surface area contributed by atoms with Gasteiger partial charge in [0, 0.05) is 24.0 Å². The molecule has 2 aromatic heterocycles. The van der Waals surface area contributed by atoms with E-state index in [0.29, 0.717) is 18.1 Å². The highest BCUT2D eigenvalue weighted by Gasteiger charge is 2.10. The van der Waals surface area contributed by atoms with E-state index < -0.39 is 0 Å². The molecule has 0 aliphatic rings. The fraction of sp³-hybridized carbons (Fsp3) is 0.118. The van der Waals surface area contributed by atoms with Crippen LogP contribution in [0.15, 0.2) is 54.2 Å². The first kappa shape index (κ1) is 16.4. The number of aromatic nitrogens is 2. The first-order valence-electron chi connectivity index (χ1n) is 7.32. The average Bonchev–Trinajstić information content (AvgIpc) is 3.14. The van der Waals surface area contributed by atoms with Crippen molar-refractivity contribution in [3.63, 3.8) is 0 Å². The lowest BCUT2D eigenvalue weighted by molar-refractivity contribution is 0.240. The number of carbonyl (C=O) groups is 1. The predicted molar refractivity (Wildman–Crippen MR) is 95.9 cm³/mol. The van der Waals surface area contributed by atoms with Gasteiger partial charge >= 0.3 is 6.03 Å². The largest absolute Gasteiger partial charge is 0.334 e. The van der Waals surface area contributed by atoms with Gasteiger partial charge in [-0.25, -0.2) is 4.79 Å². The summed E-state index contributed by atoms with van der Waals surface area (Å²) in [5, 5.41) is 8.27. The zero-order valence-corrected chi connectivity index (χ0v) is 14.3. The molecule has 1 aromatic carbocycles. The van der Waals surface area contributed by atoms with Crippen molar-refractivity contribution in [1.29, 1.82) is 0 Å². The summed E-state index contributed by atoms with van der Waals surface area (Å²) in [6, 6.07) is 11.0. The number of carbonyl (C=O) groups excluding carboxylic acids is 1. The predicted octanol–water partition coefficient (Wildman–Crippen LogP) is 3.86. The fourth-order valence-corrected chi connectivity index (χ4v) is 3.00. The zero-order chi connectivity index (χ0) is 16.8. The number of hydrogen-bond acceptors (Lipinski definition) is 4. The van der Waals surface area contributed by atoms with Crippen molar-refractivity contribution >= 4 is 29.0 Å². The second-order valence-corrected chi connectivity index (χ2v) is 6.38. The second-order valence-electron chi connectivity index (χ2n) is 4.99. The Kier molecular flexibility index (Phi) is 5.40. The molecule has 0 atom stereocenters. The number of nitrogens with zero attached hydrogens (tertiary/aromatic N) is 2. The van der Waals surface area contributed by atoms with Gasteiger partial charge in [-0.2, -0.15) is 0 Å². The normalized spacial score (nSPS) is 10.4. The molecule has 0 spiro atoms. The van der Waals surface area contributed by atoms with Gasteiger partial charge < -0.3 is 10.6 Å². The molecule has 0 radical (unpaired) electrons. The summed E-state index contributed by atoms with van der Waals surface area (Å²) >= 11 is 7.43. The number of urea groups is 1. The highest BCUT2D eigenvalue weighted by Crippen LogP contribution is 2.24. The number of hydrogen-bond donors (Lipinski definition) is 2. The van der Waals surface area contributed by atoms with Crippen molar-refractivity contribution in [2.45, 2.75) is 13.1 Å². The smallest absolute Gasteiger partial charge is 0.315 e. The van der Waals surface area contributed by atoms with Crippen LogP contribution in [0.3, 0.4) is 0 Å². The van der Waals surface area contributed by atoms with E-state index in [2.05, 4.69) is 20.6 Å². The van der Waals surface area contributed by atoms with Crippen molar-refractivity contribution in [2.75, 3.05) is 0 Å². The lowest BCUT2D eigenvalue weighted by atomic mass is 10.2. The van der Waals surface area contributed by atoms with Crippen LogP contribution in [-0.2, 0) is 13.1 Å². The number of nitrogens with one attached hydrogen (secondary N) is 2. The van der Waals surface area contributed by atoms with Crippen LogP contribution in [0.5, 0.6) is 0 Å². The van der Waals surface area contributed by atoms with Gasteiger partial charge in [0.05, 0.1) is 17.1 Å². The topological polar surface area (TPSA) is 66.9 Å². The van der Waals surface area contributed by atoms with Crippen LogP contribution >= 0.6 is 22.9 Å². The summed E-state index contributed by atoms with van der Waals surface area (Å²) in [6.07, 6.45) is 3.28. The first-order valence-corrected chi connectivity index (χ1v) is 8.58. The minimum atomic E-state index is -0.257. The molecule has 2 heterocycles. The molecule has 0 saturated heterocycles. The van der Waals surface area contributed by atoms with E-state index in [1.54, 1.807) is 35.9 Å². The molecule has 3 aromatic rings. The van der Waals surface area contributed by atoms with Crippen LogP contribution in [0.4, 0.5) is 4.79 Å². The molecular formula is C17H15ClN4OS. The van der Waals surface area contributed by atoms with E-state index in [1.807, 2.05) is 29.6 Å². The van der Waals surface area contributed by atoms with Crippen molar-refractivity contribution in [3.8, 4) is 10.6 Å². The van der Waals surface area contributed by atoms with Gasteiger partial charge in [-0.1, -0.05) is 29.8 Å². The Morgan fingerprint density at radius 3 is 2.54 bits per heavy atom. The van der Waals surface area contributed by atoms with E-state index in [4.69, 9.17) is 11.6 Å². The Hall–Kier alpha value is -2.44.